The van der Waals surface area contributed by atoms with E-state index >= 15 is 0 Å². The van der Waals surface area contributed by atoms with E-state index in [0.717, 1.165) is 5.70 Å². The predicted octanol–water partition coefficient (Wildman–Crippen LogP) is 1.76. The van der Waals surface area contributed by atoms with Crippen LogP contribution in [0.2, 0.25) is 0 Å². The molecular weight excluding hydrogens is 117 g/mol. The molecule has 0 amide bonds. The number of likely N-dealkylation sites (N-methyl/N-ethyl adjacent to an activating group) is 1. The quantitative estimate of drug-likeness (QED) is 0.569. The van der Waals surface area contributed by atoms with E-state index < -0.39 is 0 Å². The molecule has 9 heavy (non-hydrogen) atoms. The zero-order chi connectivity index (χ0) is 7.11. The van der Waals surface area contributed by atoms with Crippen LogP contribution in [0.25, 0.3) is 0 Å². The van der Waals surface area contributed by atoms with Gasteiger partial charge in [0.05, 0.1) is 6.33 Å². The molecule has 0 saturated heterocycles. The summed E-state index contributed by atoms with van der Waals surface area (Å²) in [6.45, 7) is 3.50. The van der Waals surface area contributed by atoms with Gasteiger partial charge in [0.2, 0.25) is 0 Å². The Labute approximate surface area is 54.6 Å². The van der Waals surface area contributed by atoms with Gasteiger partial charge < -0.3 is 5.32 Å². The standard InChI is InChI=1S/C7H10FN/c1-3-7(9-2)5-4-6-8/h3-6,9H,1H2,2H3/b6-4+,7-5+. The van der Waals surface area contributed by atoms with Crippen molar-refractivity contribution < 1.29 is 4.39 Å². The summed E-state index contributed by atoms with van der Waals surface area (Å²) >= 11 is 0. The van der Waals surface area contributed by atoms with Crippen molar-refractivity contribution >= 4 is 0 Å². The lowest BCUT2D eigenvalue weighted by Gasteiger charge is -1.94. The third-order valence-electron chi connectivity index (χ3n) is 0.857. The van der Waals surface area contributed by atoms with Crippen molar-refractivity contribution in [3.63, 3.8) is 0 Å². The second kappa shape index (κ2) is 5.09. The van der Waals surface area contributed by atoms with Crippen LogP contribution in [0, 0.1) is 0 Å². The number of allylic oxidation sites excluding steroid dienone is 3. The van der Waals surface area contributed by atoms with Crippen LogP contribution < -0.4 is 5.32 Å². The molecule has 0 heterocycles. The molecule has 0 aromatic heterocycles. The lowest BCUT2D eigenvalue weighted by molar-refractivity contribution is 0.721. The van der Waals surface area contributed by atoms with Crippen molar-refractivity contribution in [1.29, 1.82) is 0 Å². The highest BCUT2D eigenvalue weighted by molar-refractivity contribution is 5.18. The summed E-state index contributed by atoms with van der Waals surface area (Å²) in [6, 6.07) is 0. The zero-order valence-corrected chi connectivity index (χ0v) is 5.39. The molecule has 0 fully saturated rings. The molecule has 1 N–H and O–H groups in total. The van der Waals surface area contributed by atoms with E-state index in [2.05, 4.69) is 11.9 Å². The van der Waals surface area contributed by atoms with E-state index in [9.17, 15) is 4.39 Å². The van der Waals surface area contributed by atoms with Gasteiger partial charge in [-0.2, -0.15) is 0 Å². The van der Waals surface area contributed by atoms with E-state index in [1.54, 1.807) is 19.2 Å². The Morgan fingerprint density at radius 2 is 2.33 bits per heavy atom. The van der Waals surface area contributed by atoms with E-state index in [-0.39, 0.29) is 0 Å². The predicted molar refractivity (Wildman–Crippen MR) is 37.6 cm³/mol. The Hall–Kier alpha value is -1.05. The molecule has 0 aromatic rings. The molecule has 0 aliphatic carbocycles. The summed E-state index contributed by atoms with van der Waals surface area (Å²) in [7, 11) is 1.75. The molecule has 0 saturated carbocycles. The molecule has 0 aromatic carbocycles. The lowest BCUT2D eigenvalue weighted by atomic mass is 10.4. The van der Waals surface area contributed by atoms with Gasteiger partial charge in [0.1, 0.15) is 0 Å². The van der Waals surface area contributed by atoms with Gasteiger partial charge in [0, 0.05) is 12.7 Å². The van der Waals surface area contributed by atoms with Crippen LogP contribution in [0.5, 0.6) is 0 Å². The van der Waals surface area contributed by atoms with Gasteiger partial charge in [-0.1, -0.05) is 6.58 Å². The van der Waals surface area contributed by atoms with Crippen LogP contribution in [0.3, 0.4) is 0 Å². The first-order chi connectivity index (χ1) is 4.35. The fourth-order valence-electron chi connectivity index (χ4n) is 0.393. The normalized spacial score (nSPS) is 12.0. The summed E-state index contributed by atoms with van der Waals surface area (Å²) in [4.78, 5) is 0. The maximum Gasteiger partial charge on any atom is 0.0867 e. The first-order valence-corrected chi connectivity index (χ1v) is 2.62. The summed E-state index contributed by atoms with van der Waals surface area (Å²) in [5.41, 5.74) is 0.795. The van der Waals surface area contributed by atoms with Gasteiger partial charge >= 0.3 is 0 Å². The van der Waals surface area contributed by atoms with Crippen LogP contribution in [0.15, 0.2) is 36.8 Å². The molecule has 50 valence electrons. The Morgan fingerprint density at radius 3 is 2.67 bits per heavy atom. The van der Waals surface area contributed by atoms with Crippen molar-refractivity contribution in [1.82, 2.24) is 5.32 Å². The van der Waals surface area contributed by atoms with Crippen LogP contribution in [0.1, 0.15) is 0 Å². The lowest BCUT2D eigenvalue weighted by Crippen LogP contribution is -2.01. The molecule has 0 radical (unpaired) electrons. The summed E-state index contributed by atoms with van der Waals surface area (Å²) in [5.74, 6) is 0. The SMILES string of the molecule is C=C/C(=C\C=C\F)NC. The monoisotopic (exact) mass is 127 g/mol. The Bertz CT molecular complexity index is 136. The number of hydrogen-bond donors (Lipinski definition) is 1. The Kier molecular flexibility index (Phi) is 4.50. The minimum absolute atomic E-state index is 0.473. The average molecular weight is 127 g/mol. The highest BCUT2D eigenvalue weighted by Crippen LogP contribution is 1.88. The largest absolute Gasteiger partial charge is 0.388 e. The molecule has 2 heteroatoms. The smallest absolute Gasteiger partial charge is 0.0867 e. The van der Waals surface area contributed by atoms with E-state index in [4.69, 9.17) is 0 Å². The molecule has 0 aliphatic rings. The molecular formula is C7H10FN. The van der Waals surface area contributed by atoms with Gasteiger partial charge in [-0.05, 0) is 18.2 Å². The molecule has 0 spiro atoms. The van der Waals surface area contributed by atoms with Crippen LogP contribution >= 0.6 is 0 Å². The topological polar surface area (TPSA) is 12.0 Å². The molecule has 0 aliphatic heterocycles. The second-order valence-corrected chi connectivity index (χ2v) is 1.39. The van der Waals surface area contributed by atoms with Crippen LogP contribution in [0.4, 0.5) is 4.39 Å². The summed E-state index contributed by atoms with van der Waals surface area (Å²) in [5, 5.41) is 2.81. The van der Waals surface area contributed by atoms with Gasteiger partial charge in [-0.15, -0.1) is 0 Å². The Balaban J connectivity index is 3.90. The highest BCUT2D eigenvalue weighted by atomic mass is 19.1. The zero-order valence-electron chi connectivity index (χ0n) is 5.39. The van der Waals surface area contributed by atoms with Gasteiger partial charge in [0.25, 0.3) is 0 Å². The summed E-state index contributed by atoms with van der Waals surface area (Å²) < 4.78 is 11.3. The van der Waals surface area contributed by atoms with Gasteiger partial charge in [0.15, 0.2) is 0 Å². The molecule has 0 rings (SSSR count). The summed E-state index contributed by atoms with van der Waals surface area (Å²) in [6.07, 6.45) is 4.97. The fraction of sp³-hybridized carbons (Fsp3) is 0.143. The van der Waals surface area contributed by atoms with Gasteiger partial charge in [-0.3, -0.25) is 0 Å². The van der Waals surface area contributed by atoms with Crippen molar-refractivity contribution in [3.05, 3.63) is 36.8 Å². The second-order valence-electron chi connectivity index (χ2n) is 1.39. The average Bonchev–Trinajstić information content (AvgIpc) is 1.91. The highest BCUT2D eigenvalue weighted by Gasteiger charge is 1.77. The van der Waals surface area contributed by atoms with Crippen molar-refractivity contribution in [2.45, 2.75) is 0 Å². The molecule has 0 bridgehead atoms. The number of hydrogen-bond acceptors (Lipinski definition) is 1. The first-order valence-electron chi connectivity index (χ1n) is 2.62. The number of nitrogens with one attached hydrogen (secondary N) is 1. The molecule has 1 nitrogen and oxygen atoms in total. The first kappa shape index (κ1) is 7.95. The fourth-order valence-corrected chi connectivity index (χ4v) is 0.393. The third kappa shape index (κ3) is 3.53. The van der Waals surface area contributed by atoms with Gasteiger partial charge in [-0.25, -0.2) is 4.39 Å². The Morgan fingerprint density at radius 1 is 1.67 bits per heavy atom. The molecule has 0 unspecified atom stereocenters. The minimum Gasteiger partial charge on any atom is -0.388 e. The van der Waals surface area contributed by atoms with Crippen LogP contribution in [-0.4, -0.2) is 7.05 Å². The van der Waals surface area contributed by atoms with E-state index in [1.807, 2.05) is 0 Å². The molecule has 0 atom stereocenters. The van der Waals surface area contributed by atoms with Crippen LogP contribution in [-0.2, 0) is 0 Å². The van der Waals surface area contributed by atoms with Crippen molar-refractivity contribution in [2.24, 2.45) is 0 Å². The number of rotatable bonds is 3. The van der Waals surface area contributed by atoms with Crippen molar-refractivity contribution in [3.8, 4) is 0 Å². The maximum atomic E-state index is 11.3. The van der Waals surface area contributed by atoms with E-state index in [0.29, 0.717) is 6.33 Å². The third-order valence-corrected chi connectivity index (χ3v) is 0.857. The maximum absolute atomic E-state index is 11.3. The van der Waals surface area contributed by atoms with E-state index in [1.165, 1.54) is 6.08 Å². The number of halogens is 1. The van der Waals surface area contributed by atoms with Crippen molar-refractivity contribution in [2.75, 3.05) is 7.05 Å². The minimum atomic E-state index is 0.473.